The van der Waals surface area contributed by atoms with Gasteiger partial charge in [-0.2, -0.15) is 0 Å². The lowest BCUT2D eigenvalue weighted by atomic mass is 10.2. The summed E-state index contributed by atoms with van der Waals surface area (Å²) >= 11 is 1.73. The number of aryl methyl sites for hydroxylation is 3. The zero-order valence-electron chi connectivity index (χ0n) is 12.1. The molecule has 0 amide bonds. The summed E-state index contributed by atoms with van der Waals surface area (Å²) in [5.74, 6) is 2.10. The highest BCUT2D eigenvalue weighted by atomic mass is 32.1. The lowest BCUT2D eigenvalue weighted by molar-refractivity contribution is 0.766. The molecule has 0 aromatic carbocycles. The molecule has 5 heteroatoms. The fourth-order valence-corrected chi connectivity index (χ4v) is 2.69. The molecule has 4 nitrogen and oxygen atoms in total. The van der Waals surface area contributed by atoms with Crippen molar-refractivity contribution < 1.29 is 0 Å². The Morgan fingerprint density at radius 1 is 1.16 bits per heavy atom. The van der Waals surface area contributed by atoms with E-state index >= 15 is 0 Å². The largest absolute Gasteiger partial charge is 0.364 e. The van der Waals surface area contributed by atoms with Crippen LogP contribution in [0.15, 0.2) is 6.07 Å². The van der Waals surface area contributed by atoms with Gasteiger partial charge in [-0.15, -0.1) is 11.3 Å². The molecule has 2 aromatic heterocycles. The summed E-state index contributed by atoms with van der Waals surface area (Å²) in [5, 5.41) is 4.45. The average molecular weight is 276 g/mol. The van der Waals surface area contributed by atoms with Crippen LogP contribution in [0, 0.1) is 20.8 Å². The summed E-state index contributed by atoms with van der Waals surface area (Å²) in [6, 6.07) is 1.97. The Bertz CT molecular complexity index is 575. The van der Waals surface area contributed by atoms with E-state index in [4.69, 9.17) is 0 Å². The van der Waals surface area contributed by atoms with Crippen molar-refractivity contribution in [3.8, 4) is 0 Å². The van der Waals surface area contributed by atoms with Crippen molar-refractivity contribution >= 4 is 17.2 Å². The number of nitrogens with one attached hydrogen (secondary N) is 1. The van der Waals surface area contributed by atoms with E-state index in [0.717, 1.165) is 28.0 Å². The van der Waals surface area contributed by atoms with Crippen molar-refractivity contribution in [1.29, 1.82) is 0 Å². The SMILES string of the molecule is Cc1cc(NCc2nc(C)sc2C)nc(C(C)C)n1. The van der Waals surface area contributed by atoms with E-state index in [0.29, 0.717) is 12.5 Å². The maximum absolute atomic E-state index is 4.54. The third-order valence-corrected chi connectivity index (χ3v) is 3.75. The minimum absolute atomic E-state index is 0.337. The molecular formula is C14H20N4S. The average Bonchev–Trinajstić information content (AvgIpc) is 2.64. The Hall–Kier alpha value is -1.49. The number of rotatable bonds is 4. The van der Waals surface area contributed by atoms with Crippen LogP contribution in [0.3, 0.4) is 0 Å². The van der Waals surface area contributed by atoms with Gasteiger partial charge in [-0.1, -0.05) is 13.8 Å². The summed E-state index contributed by atoms with van der Waals surface area (Å²) in [6.45, 7) is 11.1. The van der Waals surface area contributed by atoms with Crippen LogP contribution in [0.5, 0.6) is 0 Å². The number of hydrogen-bond donors (Lipinski definition) is 1. The van der Waals surface area contributed by atoms with Crippen LogP contribution in [0.2, 0.25) is 0 Å². The maximum Gasteiger partial charge on any atom is 0.133 e. The maximum atomic E-state index is 4.54. The predicted molar refractivity (Wildman–Crippen MR) is 79.8 cm³/mol. The second-order valence-electron chi connectivity index (χ2n) is 5.00. The first-order chi connectivity index (χ1) is 8.95. The molecule has 2 heterocycles. The van der Waals surface area contributed by atoms with Gasteiger partial charge in [0.2, 0.25) is 0 Å². The lowest BCUT2D eigenvalue weighted by Gasteiger charge is -2.09. The normalized spacial score (nSPS) is 11.1. The second kappa shape index (κ2) is 5.65. The van der Waals surface area contributed by atoms with Crippen molar-refractivity contribution in [2.45, 2.75) is 47.1 Å². The van der Waals surface area contributed by atoms with E-state index in [9.17, 15) is 0 Å². The van der Waals surface area contributed by atoms with Crippen molar-refractivity contribution in [3.05, 3.63) is 33.2 Å². The summed E-state index contributed by atoms with van der Waals surface area (Å²) in [4.78, 5) is 14.8. The molecule has 0 aliphatic heterocycles. The standard InChI is InChI=1S/C14H20N4S/c1-8(2)14-16-9(3)6-13(18-14)15-7-12-10(4)19-11(5)17-12/h6,8H,7H2,1-5H3,(H,15,16,18). The first-order valence-electron chi connectivity index (χ1n) is 6.48. The van der Waals surface area contributed by atoms with Gasteiger partial charge in [-0.05, 0) is 20.8 Å². The number of thiazole rings is 1. The zero-order chi connectivity index (χ0) is 14.0. The second-order valence-corrected chi connectivity index (χ2v) is 6.40. The summed E-state index contributed by atoms with van der Waals surface area (Å²) in [7, 11) is 0. The molecule has 19 heavy (non-hydrogen) atoms. The fraction of sp³-hybridized carbons (Fsp3) is 0.500. The van der Waals surface area contributed by atoms with Crippen LogP contribution >= 0.6 is 11.3 Å². The van der Waals surface area contributed by atoms with Gasteiger partial charge in [0.25, 0.3) is 0 Å². The van der Waals surface area contributed by atoms with E-state index in [-0.39, 0.29) is 0 Å². The van der Waals surface area contributed by atoms with Crippen LogP contribution < -0.4 is 5.32 Å². The van der Waals surface area contributed by atoms with E-state index < -0.39 is 0 Å². The molecule has 0 unspecified atom stereocenters. The van der Waals surface area contributed by atoms with E-state index in [2.05, 4.69) is 41.0 Å². The number of hydrogen-bond acceptors (Lipinski definition) is 5. The van der Waals surface area contributed by atoms with Gasteiger partial charge in [-0.25, -0.2) is 15.0 Å². The van der Waals surface area contributed by atoms with Crippen molar-refractivity contribution in [1.82, 2.24) is 15.0 Å². The highest BCUT2D eigenvalue weighted by Gasteiger charge is 2.08. The van der Waals surface area contributed by atoms with E-state index in [1.165, 1.54) is 4.88 Å². The van der Waals surface area contributed by atoms with Crippen molar-refractivity contribution in [3.63, 3.8) is 0 Å². The molecule has 0 radical (unpaired) electrons. The van der Waals surface area contributed by atoms with Gasteiger partial charge >= 0.3 is 0 Å². The topological polar surface area (TPSA) is 50.7 Å². The number of nitrogens with zero attached hydrogens (tertiary/aromatic N) is 3. The molecule has 2 aromatic rings. The Balaban J connectivity index is 2.13. The van der Waals surface area contributed by atoms with Gasteiger partial charge in [0.05, 0.1) is 17.2 Å². The highest BCUT2D eigenvalue weighted by molar-refractivity contribution is 7.11. The van der Waals surface area contributed by atoms with Crippen LogP contribution in [-0.4, -0.2) is 15.0 Å². The monoisotopic (exact) mass is 276 g/mol. The quantitative estimate of drug-likeness (QED) is 0.927. The Morgan fingerprint density at radius 2 is 1.89 bits per heavy atom. The van der Waals surface area contributed by atoms with Crippen LogP contribution in [-0.2, 0) is 6.54 Å². The molecule has 2 rings (SSSR count). The van der Waals surface area contributed by atoms with E-state index in [1.807, 2.05) is 19.9 Å². The molecule has 0 spiro atoms. The molecule has 102 valence electrons. The first kappa shape index (κ1) is 13.9. The number of anilines is 1. The van der Waals surface area contributed by atoms with E-state index in [1.54, 1.807) is 11.3 Å². The molecular weight excluding hydrogens is 256 g/mol. The third kappa shape index (κ3) is 3.50. The van der Waals surface area contributed by atoms with Crippen molar-refractivity contribution in [2.24, 2.45) is 0 Å². The smallest absolute Gasteiger partial charge is 0.133 e. The predicted octanol–water partition coefficient (Wildman–Crippen LogP) is 3.59. The van der Waals surface area contributed by atoms with Gasteiger partial charge in [0.15, 0.2) is 0 Å². The summed E-state index contributed by atoms with van der Waals surface area (Å²) in [6.07, 6.45) is 0. The van der Waals surface area contributed by atoms with Crippen molar-refractivity contribution in [2.75, 3.05) is 5.32 Å². The van der Waals surface area contributed by atoms with Gasteiger partial charge in [0, 0.05) is 22.6 Å². The third-order valence-electron chi connectivity index (χ3n) is 2.82. The number of aromatic nitrogens is 3. The Labute approximate surface area is 118 Å². The van der Waals surface area contributed by atoms with Gasteiger partial charge in [-0.3, -0.25) is 0 Å². The molecule has 1 N–H and O–H groups in total. The van der Waals surface area contributed by atoms with Crippen LogP contribution in [0.4, 0.5) is 5.82 Å². The molecule has 0 fully saturated rings. The molecule has 0 saturated carbocycles. The summed E-state index contributed by atoms with van der Waals surface area (Å²) in [5.41, 5.74) is 2.09. The van der Waals surface area contributed by atoms with Crippen LogP contribution in [0.1, 0.15) is 46.9 Å². The molecule has 0 aliphatic rings. The lowest BCUT2D eigenvalue weighted by Crippen LogP contribution is -2.07. The first-order valence-corrected chi connectivity index (χ1v) is 7.29. The molecule has 0 bridgehead atoms. The Kier molecular flexibility index (Phi) is 4.14. The molecule has 0 saturated heterocycles. The minimum Gasteiger partial charge on any atom is -0.364 e. The Morgan fingerprint density at radius 3 is 2.47 bits per heavy atom. The highest BCUT2D eigenvalue weighted by Crippen LogP contribution is 2.18. The zero-order valence-corrected chi connectivity index (χ0v) is 12.9. The minimum atomic E-state index is 0.337. The summed E-state index contributed by atoms with van der Waals surface area (Å²) < 4.78 is 0. The fourth-order valence-electron chi connectivity index (χ4n) is 1.85. The van der Waals surface area contributed by atoms with Gasteiger partial charge in [0.1, 0.15) is 11.6 Å². The van der Waals surface area contributed by atoms with Crippen LogP contribution in [0.25, 0.3) is 0 Å². The van der Waals surface area contributed by atoms with Gasteiger partial charge < -0.3 is 5.32 Å². The molecule has 0 atom stereocenters. The molecule has 0 aliphatic carbocycles.